The third-order valence-corrected chi connectivity index (χ3v) is 4.04. The first-order chi connectivity index (χ1) is 8.16. The van der Waals surface area contributed by atoms with Crippen molar-refractivity contribution in [2.45, 2.75) is 50.8 Å². The van der Waals surface area contributed by atoms with Crippen molar-refractivity contribution >= 4 is 15.9 Å². The largest absolute Gasteiger partial charge is 0.392 e. The SMILES string of the molecule is CC(N[C@@H]1CCCC[C@H]1O)c1cccc(Br)c1. The highest BCUT2D eigenvalue weighted by molar-refractivity contribution is 9.10. The minimum absolute atomic E-state index is 0.182. The van der Waals surface area contributed by atoms with Gasteiger partial charge < -0.3 is 10.4 Å². The van der Waals surface area contributed by atoms with E-state index >= 15 is 0 Å². The van der Waals surface area contributed by atoms with E-state index in [0.29, 0.717) is 0 Å². The van der Waals surface area contributed by atoms with Gasteiger partial charge in [0, 0.05) is 16.6 Å². The molecule has 1 aromatic carbocycles. The summed E-state index contributed by atoms with van der Waals surface area (Å²) in [4.78, 5) is 0. The molecule has 0 radical (unpaired) electrons. The second-order valence-corrected chi connectivity index (χ2v) is 5.82. The summed E-state index contributed by atoms with van der Waals surface area (Å²) in [6.45, 7) is 2.16. The van der Waals surface area contributed by atoms with Crippen LogP contribution >= 0.6 is 15.9 Å². The number of benzene rings is 1. The highest BCUT2D eigenvalue weighted by atomic mass is 79.9. The van der Waals surface area contributed by atoms with Crippen molar-refractivity contribution < 1.29 is 5.11 Å². The van der Waals surface area contributed by atoms with Gasteiger partial charge in [0.15, 0.2) is 0 Å². The molecule has 0 amide bonds. The molecule has 0 heterocycles. The molecule has 94 valence electrons. The molecule has 0 bridgehead atoms. The van der Waals surface area contributed by atoms with Gasteiger partial charge in [-0.2, -0.15) is 0 Å². The summed E-state index contributed by atoms with van der Waals surface area (Å²) in [6, 6.07) is 8.87. The summed E-state index contributed by atoms with van der Waals surface area (Å²) in [5.41, 5.74) is 1.26. The maximum Gasteiger partial charge on any atom is 0.0693 e. The first-order valence-corrected chi connectivity index (χ1v) is 7.15. The second kappa shape index (κ2) is 5.98. The van der Waals surface area contributed by atoms with E-state index in [4.69, 9.17) is 0 Å². The van der Waals surface area contributed by atoms with Crippen molar-refractivity contribution in [2.24, 2.45) is 0 Å². The highest BCUT2D eigenvalue weighted by Gasteiger charge is 2.24. The van der Waals surface area contributed by atoms with Crippen LogP contribution in [0, 0.1) is 0 Å². The van der Waals surface area contributed by atoms with Gasteiger partial charge in [-0.3, -0.25) is 0 Å². The quantitative estimate of drug-likeness (QED) is 0.896. The van der Waals surface area contributed by atoms with Crippen LogP contribution in [0.1, 0.15) is 44.2 Å². The van der Waals surface area contributed by atoms with Crippen LogP contribution in [-0.4, -0.2) is 17.3 Å². The molecule has 3 atom stereocenters. The molecule has 2 nitrogen and oxygen atoms in total. The lowest BCUT2D eigenvalue weighted by Crippen LogP contribution is -2.43. The molecule has 1 aliphatic rings. The molecule has 0 aromatic heterocycles. The number of aliphatic hydroxyl groups excluding tert-OH is 1. The lowest BCUT2D eigenvalue weighted by molar-refractivity contribution is 0.0860. The number of halogens is 1. The van der Waals surface area contributed by atoms with Gasteiger partial charge in [-0.15, -0.1) is 0 Å². The molecule has 1 aromatic rings. The molecule has 0 spiro atoms. The van der Waals surface area contributed by atoms with E-state index in [9.17, 15) is 5.11 Å². The van der Waals surface area contributed by atoms with Crippen LogP contribution in [0.4, 0.5) is 0 Å². The fraction of sp³-hybridized carbons (Fsp3) is 0.571. The monoisotopic (exact) mass is 297 g/mol. The van der Waals surface area contributed by atoms with Crippen LogP contribution in [0.25, 0.3) is 0 Å². The Morgan fingerprint density at radius 1 is 1.35 bits per heavy atom. The van der Waals surface area contributed by atoms with Gasteiger partial charge in [0.2, 0.25) is 0 Å². The number of hydrogen-bond acceptors (Lipinski definition) is 2. The number of rotatable bonds is 3. The second-order valence-electron chi connectivity index (χ2n) is 4.90. The molecule has 3 heteroatoms. The summed E-state index contributed by atoms with van der Waals surface area (Å²) in [6.07, 6.45) is 4.21. The normalized spacial score (nSPS) is 26.8. The predicted octanol–water partition coefficient (Wildman–Crippen LogP) is 3.40. The zero-order valence-corrected chi connectivity index (χ0v) is 11.8. The molecule has 0 saturated heterocycles. The minimum Gasteiger partial charge on any atom is -0.392 e. The van der Waals surface area contributed by atoms with E-state index in [-0.39, 0.29) is 18.2 Å². The summed E-state index contributed by atoms with van der Waals surface area (Å²) in [5.74, 6) is 0. The van der Waals surface area contributed by atoms with Gasteiger partial charge in [0.25, 0.3) is 0 Å². The van der Waals surface area contributed by atoms with Crippen LogP contribution in [-0.2, 0) is 0 Å². The Hall–Kier alpha value is -0.380. The standard InChI is InChI=1S/C14H20BrNO/c1-10(11-5-4-6-12(15)9-11)16-13-7-2-3-8-14(13)17/h4-6,9-10,13-14,16-17H,2-3,7-8H2,1H3/t10?,13-,14-/m1/s1. The molecule has 2 rings (SSSR count). The Kier molecular flexibility index (Phi) is 4.60. The van der Waals surface area contributed by atoms with Crippen molar-refractivity contribution in [3.05, 3.63) is 34.3 Å². The Morgan fingerprint density at radius 2 is 2.12 bits per heavy atom. The van der Waals surface area contributed by atoms with Gasteiger partial charge >= 0.3 is 0 Å². The average Bonchev–Trinajstić information content (AvgIpc) is 2.32. The number of hydrogen-bond donors (Lipinski definition) is 2. The van der Waals surface area contributed by atoms with Gasteiger partial charge in [-0.25, -0.2) is 0 Å². The number of aliphatic hydroxyl groups is 1. The Balaban J connectivity index is 1.98. The molecular weight excluding hydrogens is 278 g/mol. The smallest absolute Gasteiger partial charge is 0.0693 e. The van der Waals surface area contributed by atoms with E-state index in [1.165, 1.54) is 12.0 Å². The minimum atomic E-state index is -0.182. The summed E-state index contributed by atoms with van der Waals surface area (Å²) >= 11 is 3.49. The Labute approximate surface area is 112 Å². The first kappa shape index (κ1) is 13.1. The molecule has 1 saturated carbocycles. The average molecular weight is 298 g/mol. The van der Waals surface area contributed by atoms with E-state index in [0.717, 1.165) is 23.7 Å². The fourth-order valence-electron chi connectivity index (χ4n) is 2.50. The summed E-state index contributed by atoms with van der Waals surface area (Å²) < 4.78 is 1.10. The van der Waals surface area contributed by atoms with E-state index in [2.05, 4.69) is 46.4 Å². The van der Waals surface area contributed by atoms with Crippen molar-refractivity contribution in [1.82, 2.24) is 5.32 Å². The third kappa shape index (κ3) is 3.54. The van der Waals surface area contributed by atoms with Crippen molar-refractivity contribution in [3.63, 3.8) is 0 Å². The zero-order valence-electron chi connectivity index (χ0n) is 10.2. The van der Waals surface area contributed by atoms with Gasteiger partial charge in [-0.1, -0.05) is 40.9 Å². The van der Waals surface area contributed by atoms with Crippen molar-refractivity contribution in [3.8, 4) is 0 Å². The van der Waals surface area contributed by atoms with Gasteiger partial charge in [0.1, 0.15) is 0 Å². The lowest BCUT2D eigenvalue weighted by Gasteiger charge is -2.31. The maximum absolute atomic E-state index is 9.95. The topological polar surface area (TPSA) is 32.3 Å². The summed E-state index contributed by atoms with van der Waals surface area (Å²) in [7, 11) is 0. The van der Waals surface area contributed by atoms with Crippen LogP contribution in [0.3, 0.4) is 0 Å². The Morgan fingerprint density at radius 3 is 2.82 bits per heavy atom. The fourth-order valence-corrected chi connectivity index (χ4v) is 2.92. The van der Waals surface area contributed by atoms with E-state index < -0.39 is 0 Å². The van der Waals surface area contributed by atoms with Gasteiger partial charge in [0.05, 0.1) is 6.10 Å². The molecule has 1 aliphatic carbocycles. The highest BCUT2D eigenvalue weighted by Crippen LogP contribution is 2.23. The third-order valence-electron chi connectivity index (χ3n) is 3.54. The van der Waals surface area contributed by atoms with Crippen LogP contribution in [0.5, 0.6) is 0 Å². The van der Waals surface area contributed by atoms with Crippen LogP contribution in [0.15, 0.2) is 28.7 Å². The molecule has 1 fully saturated rings. The van der Waals surface area contributed by atoms with E-state index in [1.807, 2.05) is 6.07 Å². The first-order valence-electron chi connectivity index (χ1n) is 6.36. The molecule has 1 unspecified atom stereocenters. The molecular formula is C14H20BrNO. The Bertz CT molecular complexity index is 369. The molecule has 17 heavy (non-hydrogen) atoms. The maximum atomic E-state index is 9.95. The number of nitrogens with one attached hydrogen (secondary N) is 1. The van der Waals surface area contributed by atoms with Crippen LogP contribution in [0.2, 0.25) is 0 Å². The molecule has 0 aliphatic heterocycles. The van der Waals surface area contributed by atoms with Gasteiger partial charge in [-0.05, 0) is 37.5 Å². The van der Waals surface area contributed by atoms with Crippen molar-refractivity contribution in [1.29, 1.82) is 0 Å². The molecule has 2 N–H and O–H groups in total. The van der Waals surface area contributed by atoms with Crippen molar-refractivity contribution in [2.75, 3.05) is 0 Å². The summed E-state index contributed by atoms with van der Waals surface area (Å²) in [5, 5.41) is 13.5. The lowest BCUT2D eigenvalue weighted by atomic mass is 9.91. The zero-order chi connectivity index (χ0) is 12.3. The van der Waals surface area contributed by atoms with Crippen LogP contribution < -0.4 is 5.32 Å². The van der Waals surface area contributed by atoms with E-state index in [1.54, 1.807) is 0 Å². The predicted molar refractivity (Wildman–Crippen MR) is 74.0 cm³/mol.